The van der Waals surface area contributed by atoms with Crippen molar-refractivity contribution < 1.29 is 9.53 Å². The van der Waals surface area contributed by atoms with E-state index >= 15 is 0 Å². The molecule has 1 aliphatic heterocycles. The van der Waals surface area contributed by atoms with Crippen LogP contribution in [-0.4, -0.2) is 35.1 Å². The van der Waals surface area contributed by atoms with Crippen LogP contribution >= 0.6 is 0 Å². The SMILES string of the molecule is Cc1ccc(OC2CCN(C(=O)Nc3ccc(C(C)(C)C)cc3)C2)nc1. The molecule has 2 heterocycles. The van der Waals surface area contributed by atoms with Gasteiger partial charge in [0.2, 0.25) is 5.88 Å². The van der Waals surface area contributed by atoms with Crippen molar-refractivity contribution in [2.24, 2.45) is 0 Å². The van der Waals surface area contributed by atoms with Gasteiger partial charge < -0.3 is 15.0 Å². The zero-order valence-corrected chi connectivity index (χ0v) is 16.0. The van der Waals surface area contributed by atoms with E-state index < -0.39 is 0 Å². The minimum absolute atomic E-state index is 0.0146. The van der Waals surface area contributed by atoms with Crippen molar-refractivity contribution >= 4 is 11.7 Å². The average molecular weight is 353 g/mol. The molecule has 1 N–H and O–H groups in total. The van der Waals surface area contributed by atoms with E-state index in [1.807, 2.05) is 31.2 Å². The minimum Gasteiger partial charge on any atom is -0.472 e. The van der Waals surface area contributed by atoms with Crippen LogP contribution in [0.5, 0.6) is 5.88 Å². The van der Waals surface area contributed by atoms with E-state index in [-0.39, 0.29) is 17.6 Å². The topological polar surface area (TPSA) is 54.5 Å². The van der Waals surface area contributed by atoms with Gasteiger partial charge in [-0.05, 0) is 35.6 Å². The van der Waals surface area contributed by atoms with Gasteiger partial charge in [0.25, 0.3) is 0 Å². The fraction of sp³-hybridized carbons (Fsp3) is 0.429. The van der Waals surface area contributed by atoms with Crippen molar-refractivity contribution in [3.05, 3.63) is 53.7 Å². The molecule has 26 heavy (non-hydrogen) atoms. The summed E-state index contributed by atoms with van der Waals surface area (Å²) in [5, 5.41) is 2.97. The number of aromatic nitrogens is 1. The Morgan fingerprint density at radius 1 is 1.19 bits per heavy atom. The first-order chi connectivity index (χ1) is 12.3. The molecule has 2 aromatic rings. The van der Waals surface area contributed by atoms with E-state index in [0.29, 0.717) is 19.0 Å². The lowest BCUT2D eigenvalue weighted by atomic mass is 9.87. The van der Waals surface area contributed by atoms with E-state index in [1.54, 1.807) is 11.1 Å². The van der Waals surface area contributed by atoms with E-state index in [2.05, 4.69) is 43.2 Å². The number of carbonyl (C=O) groups is 1. The summed E-state index contributed by atoms with van der Waals surface area (Å²) in [5.41, 5.74) is 3.26. The number of hydrogen-bond acceptors (Lipinski definition) is 3. The van der Waals surface area contributed by atoms with Crippen molar-refractivity contribution in [3.8, 4) is 5.88 Å². The highest BCUT2D eigenvalue weighted by atomic mass is 16.5. The van der Waals surface area contributed by atoms with Gasteiger partial charge in [0.1, 0.15) is 6.10 Å². The molecule has 0 saturated carbocycles. The first-order valence-electron chi connectivity index (χ1n) is 9.07. The van der Waals surface area contributed by atoms with Gasteiger partial charge in [-0.25, -0.2) is 9.78 Å². The van der Waals surface area contributed by atoms with E-state index in [4.69, 9.17) is 4.74 Å². The summed E-state index contributed by atoms with van der Waals surface area (Å²) in [6, 6.07) is 11.8. The maximum Gasteiger partial charge on any atom is 0.321 e. The Kier molecular flexibility index (Phi) is 5.16. The number of aryl methyl sites for hydroxylation is 1. The van der Waals surface area contributed by atoms with E-state index in [9.17, 15) is 4.79 Å². The van der Waals surface area contributed by atoms with Crippen LogP contribution in [0.3, 0.4) is 0 Å². The summed E-state index contributed by atoms with van der Waals surface area (Å²) < 4.78 is 5.88. The molecule has 1 saturated heterocycles. The third-order valence-electron chi connectivity index (χ3n) is 4.61. The molecule has 2 amide bonds. The molecule has 1 fully saturated rings. The lowest BCUT2D eigenvalue weighted by Gasteiger charge is -2.20. The molecule has 0 radical (unpaired) electrons. The van der Waals surface area contributed by atoms with Gasteiger partial charge in [0.05, 0.1) is 6.54 Å². The molecular weight excluding hydrogens is 326 g/mol. The maximum atomic E-state index is 12.5. The zero-order valence-electron chi connectivity index (χ0n) is 16.0. The number of carbonyl (C=O) groups excluding carboxylic acids is 1. The largest absolute Gasteiger partial charge is 0.472 e. The Morgan fingerprint density at radius 2 is 1.92 bits per heavy atom. The van der Waals surface area contributed by atoms with Crippen LogP contribution in [0.25, 0.3) is 0 Å². The van der Waals surface area contributed by atoms with E-state index in [1.165, 1.54) is 5.56 Å². The summed E-state index contributed by atoms with van der Waals surface area (Å²) >= 11 is 0. The summed E-state index contributed by atoms with van der Waals surface area (Å²) in [6.45, 7) is 9.77. The lowest BCUT2D eigenvalue weighted by Crippen LogP contribution is -2.34. The van der Waals surface area contributed by atoms with Crippen LogP contribution in [0.2, 0.25) is 0 Å². The van der Waals surface area contributed by atoms with Crippen molar-refractivity contribution in [2.75, 3.05) is 18.4 Å². The number of nitrogens with zero attached hydrogens (tertiary/aromatic N) is 2. The van der Waals surface area contributed by atoms with Gasteiger partial charge in [0, 0.05) is 30.9 Å². The summed E-state index contributed by atoms with van der Waals surface area (Å²) in [7, 11) is 0. The maximum absolute atomic E-state index is 12.5. The van der Waals surface area contributed by atoms with Crippen LogP contribution in [0.4, 0.5) is 10.5 Å². The number of amides is 2. The molecule has 0 bridgehead atoms. The van der Waals surface area contributed by atoms with Crippen molar-refractivity contribution in [3.63, 3.8) is 0 Å². The number of urea groups is 1. The van der Waals surface area contributed by atoms with Gasteiger partial charge in [-0.15, -0.1) is 0 Å². The zero-order chi connectivity index (χ0) is 18.7. The monoisotopic (exact) mass is 353 g/mol. The molecule has 5 heteroatoms. The third kappa shape index (κ3) is 4.54. The number of pyridine rings is 1. The number of likely N-dealkylation sites (tertiary alicyclic amines) is 1. The first-order valence-corrected chi connectivity index (χ1v) is 9.07. The number of benzene rings is 1. The second-order valence-corrected chi connectivity index (χ2v) is 7.91. The Bertz CT molecular complexity index is 748. The summed E-state index contributed by atoms with van der Waals surface area (Å²) in [4.78, 5) is 18.5. The van der Waals surface area contributed by atoms with Gasteiger partial charge in [-0.2, -0.15) is 0 Å². The molecule has 3 rings (SSSR count). The van der Waals surface area contributed by atoms with Crippen molar-refractivity contribution in [2.45, 2.75) is 45.6 Å². The molecule has 1 aromatic carbocycles. The van der Waals surface area contributed by atoms with Crippen LogP contribution in [0, 0.1) is 6.92 Å². The minimum atomic E-state index is -0.0866. The number of ether oxygens (including phenoxy) is 1. The van der Waals surface area contributed by atoms with Gasteiger partial charge in [-0.1, -0.05) is 39.0 Å². The number of hydrogen-bond donors (Lipinski definition) is 1. The standard InChI is InChI=1S/C21H27N3O2/c1-15-5-10-19(22-13-15)26-18-11-12-24(14-18)20(25)23-17-8-6-16(7-9-17)21(2,3)4/h5-10,13,18H,11-12,14H2,1-4H3,(H,23,25). The lowest BCUT2D eigenvalue weighted by molar-refractivity contribution is 0.190. The van der Waals surface area contributed by atoms with E-state index in [0.717, 1.165) is 17.7 Å². The van der Waals surface area contributed by atoms with Crippen LogP contribution in [0.1, 0.15) is 38.3 Å². The molecule has 0 spiro atoms. The first kappa shape index (κ1) is 18.2. The van der Waals surface area contributed by atoms with Crippen LogP contribution in [-0.2, 0) is 5.41 Å². The quantitative estimate of drug-likeness (QED) is 0.891. The molecule has 1 aromatic heterocycles. The second kappa shape index (κ2) is 7.36. The molecule has 1 unspecified atom stereocenters. The van der Waals surface area contributed by atoms with Gasteiger partial charge >= 0.3 is 6.03 Å². The highest BCUT2D eigenvalue weighted by molar-refractivity contribution is 5.89. The third-order valence-corrected chi connectivity index (χ3v) is 4.61. The Hall–Kier alpha value is -2.56. The fourth-order valence-corrected chi connectivity index (χ4v) is 2.96. The number of nitrogens with one attached hydrogen (secondary N) is 1. The molecular formula is C21H27N3O2. The Labute approximate surface area is 155 Å². The highest BCUT2D eigenvalue weighted by Crippen LogP contribution is 2.24. The smallest absolute Gasteiger partial charge is 0.321 e. The molecule has 5 nitrogen and oxygen atoms in total. The Morgan fingerprint density at radius 3 is 2.54 bits per heavy atom. The van der Waals surface area contributed by atoms with Crippen LogP contribution in [0.15, 0.2) is 42.6 Å². The van der Waals surface area contributed by atoms with Crippen molar-refractivity contribution in [1.82, 2.24) is 9.88 Å². The van der Waals surface area contributed by atoms with Crippen LogP contribution < -0.4 is 10.1 Å². The molecule has 138 valence electrons. The number of rotatable bonds is 3. The number of anilines is 1. The predicted octanol–water partition coefficient (Wildman–Crippen LogP) is 4.37. The van der Waals surface area contributed by atoms with Gasteiger partial charge in [0.15, 0.2) is 0 Å². The normalized spacial score (nSPS) is 17.2. The fourth-order valence-electron chi connectivity index (χ4n) is 2.96. The van der Waals surface area contributed by atoms with Crippen molar-refractivity contribution in [1.29, 1.82) is 0 Å². The Balaban J connectivity index is 1.53. The van der Waals surface area contributed by atoms with Gasteiger partial charge in [-0.3, -0.25) is 0 Å². The average Bonchev–Trinajstić information content (AvgIpc) is 3.05. The predicted molar refractivity (Wildman–Crippen MR) is 104 cm³/mol. The molecule has 1 aliphatic rings. The molecule has 0 aliphatic carbocycles. The highest BCUT2D eigenvalue weighted by Gasteiger charge is 2.28. The summed E-state index contributed by atoms with van der Waals surface area (Å²) in [5.74, 6) is 0.612. The second-order valence-electron chi connectivity index (χ2n) is 7.91. The summed E-state index contributed by atoms with van der Waals surface area (Å²) in [6.07, 6.45) is 2.58. The molecule has 1 atom stereocenters.